The predicted octanol–water partition coefficient (Wildman–Crippen LogP) is 1.82. The maximum absolute atomic E-state index is 8.91. The second-order valence-electron chi connectivity index (χ2n) is 4.06. The maximum Gasteiger partial charge on any atom is 0.225 e. The van der Waals surface area contributed by atoms with E-state index in [-0.39, 0.29) is 6.61 Å². The van der Waals surface area contributed by atoms with E-state index in [1.807, 2.05) is 12.4 Å². The lowest BCUT2D eigenvalue weighted by Gasteiger charge is -2.37. The molecule has 1 heterocycles. The fraction of sp³-hybridized carbons (Fsp3) is 0.636. The van der Waals surface area contributed by atoms with Gasteiger partial charge in [0.15, 0.2) is 0 Å². The van der Waals surface area contributed by atoms with Gasteiger partial charge in [0.25, 0.3) is 0 Å². The number of hydrogen-bond acceptors (Lipinski definition) is 4. The molecule has 1 aromatic rings. The Hall–Kier alpha value is -0.430. The Morgan fingerprint density at radius 2 is 2.06 bits per heavy atom. The standard InChI is InChI=1S/C11H16IN3O/c12-9-7-13-11(14-8-9)15(5-2-6-16)10-3-1-4-10/h7-8,10,16H,1-6H2. The zero-order chi connectivity index (χ0) is 11.4. The molecule has 0 aliphatic heterocycles. The van der Waals surface area contributed by atoms with Crippen LogP contribution in [0.15, 0.2) is 12.4 Å². The van der Waals surface area contributed by atoms with Gasteiger partial charge in [-0.2, -0.15) is 0 Å². The first-order chi connectivity index (χ1) is 7.81. The molecule has 0 spiro atoms. The van der Waals surface area contributed by atoms with E-state index in [0.29, 0.717) is 6.04 Å². The van der Waals surface area contributed by atoms with Crippen molar-refractivity contribution in [2.45, 2.75) is 31.7 Å². The van der Waals surface area contributed by atoms with Crippen molar-refractivity contribution in [1.29, 1.82) is 0 Å². The molecular weight excluding hydrogens is 317 g/mol. The molecule has 5 heteroatoms. The molecule has 0 radical (unpaired) electrons. The minimum Gasteiger partial charge on any atom is -0.396 e. The highest BCUT2D eigenvalue weighted by molar-refractivity contribution is 14.1. The smallest absolute Gasteiger partial charge is 0.225 e. The SMILES string of the molecule is OCCCN(c1ncc(I)cn1)C1CCC1. The van der Waals surface area contributed by atoms with Gasteiger partial charge in [0.1, 0.15) is 0 Å². The average molecular weight is 333 g/mol. The quantitative estimate of drug-likeness (QED) is 0.836. The van der Waals surface area contributed by atoms with Crippen LogP contribution >= 0.6 is 22.6 Å². The van der Waals surface area contributed by atoms with Crippen molar-refractivity contribution in [3.8, 4) is 0 Å². The Morgan fingerprint density at radius 3 is 2.56 bits per heavy atom. The summed E-state index contributed by atoms with van der Waals surface area (Å²) in [4.78, 5) is 11.0. The summed E-state index contributed by atoms with van der Waals surface area (Å²) in [6.45, 7) is 1.08. The highest BCUT2D eigenvalue weighted by Gasteiger charge is 2.26. The van der Waals surface area contributed by atoms with Gasteiger partial charge >= 0.3 is 0 Å². The summed E-state index contributed by atoms with van der Waals surface area (Å²) < 4.78 is 1.05. The van der Waals surface area contributed by atoms with Crippen LogP contribution in [0, 0.1) is 3.57 Å². The third-order valence-electron chi connectivity index (χ3n) is 2.94. The van der Waals surface area contributed by atoms with Crippen LogP contribution in [-0.2, 0) is 0 Å². The normalized spacial score (nSPS) is 15.9. The summed E-state index contributed by atoms with van der Waals surface area (Å²) in [5.41, 5.74) is 0. The highest BCUT2D eigenvalue weighted by atomic mass is 127. The average Bonchev–Trinajstić information content (AvgIpc) is 2.23. The molecule has 1 aliphatic rings. The first-order valence-electron chi connectivity index (χ1n) is 5.66. The molecule has 4 nitrogen and oxygen atoms in total. The number of hydrogen-bond donors (Lipinski definition) is 1. The minimum atomic E-state index is 0.230. The van der Waals surface area contributed by atoms with Gasteiger partial charge in [-0.15, -0.1) is 0 Å². The highest BCUT2D eigenvalue weighted by Crippen LogP contribution is 2.27. The molecule has 16 heavy (non-hydrogen) atoms. The number of anilines is 1. The van der Waals surface area contributed by atoms with Crippen LogP contribution in [0.5, 0.6) is 0 Å². The lowest BCUT2D eigenvalue weighted by atomic mass is 9.91. The summed E-state index contributed by atoms with van der Waals surface area (Å²) >= 11 is 2.21. The third kappa shape index (κ3) is 2.82. The molecule has 0 amide bonds. The topological polar surface area (TPSA) is 49.2 Å². The number of aromatic nitrogens is 2. The van der Waals surface area contributed by atoms with Crippen LogP contribution in [-0.4, -0.2) is 34.3 Å². The summed E-state index contributed by atoms with van der Waals surface area (Å²) in [5, 5.41) is 8.91. The van der Waals surface area contributed by atoms with Gasteiger partial charge in [0.05, 0.1) is 0 Å². The molecule has 1 aromatic heterocycles. The van der Waals surface area contributed by atoms with Crippen molar-refractivity contribution in [3.63, 3.8) is 0 Å². The molecule has 1 saturated carbocycles. The van der Waals surface area contributed by atoms with E-state index in [9.17, 15) is 0 Å². The monoisotopic (exact) mass is 333 g/mol. The van der Waals surface area contributed by atoms with E-state index < -0.39 is 0 Å². The third-order valence-corrected chi connectivity index (χ3v) is 3.49. The Morgan fingerprint density at radius 1 is 1.38 bits per heavy atom. The summed E-state index contributed by atoms with van der Waals surface area (Å²) in [6, 6.07) is 0.576. The van der Waals surface area contributed by atoms with E-state index in [0.717, 1.165) is 22.5 Å². The lowest BCUT2D eigenvalue weighted by Crippen LogP contribution is -2.42. The first kappa shape index (κ1) is 12.0. The lowest BCUT2D eigenvalue weighted by molar-refractivity contribution is 0.282. The molecular formula is C11H16IN3O. The Balaban J connectivity index is 2.07. The largest absolute Gasteiger partial charge is 0.396 e. The molecule has 0 aromatic carbocycles. The van der Waals surface area contributed by atoms with Gasteiger partial charge < -0.3 is 10.0 Å². The number of aliphatic hydroxyl groups is 1. The molecule has 0 saturated heterocycles. The van der Waals surface area contributed by atoms with E-state index in [2.05, 4.69) is 37.5 Å². The fourth-order valence-electron chi connectivity index (χ4n) is 1.84. The maximum atomic E-state index is 8.91. The first-order valence-corrected chi connectivity index (χ1v) is 6.74. The van der Waals surface area contributed by atoms with Gasteiger partial charge in [-0.05, 0) is 48.3 Å². The van der Waals surface area contributed by atoms with Crippen molar-refractivity contribution in [2.75, 3.05) is 18.1 Å². The predicted molar refractivity (Wildman–Crippen MR) is 71.4 cm³/mol. The second-order valence-corrected chi connectivity index (χ2v) is 5.30. The number of nitrogens with zero attached hydrogens (tertiary/aromatic N) is 3. The fourth-order valence-corrected chi connectivity index (χ4v) is 2.12. The molecule has 0 bridgehead atoms. The minimum absolute atomic E-state index is 0.230. The Bertz CT molecular complexity index is 327. The van der Waals surface area contributed by atoms with E-state index in [4.69, 9.17) is 5.11 Å². The van der Waals surface area contributed by atoms with Crippen molar-refractivity contribution in [2.24, 2.45) is 0 Å². The van der Waals surface area contributed by atoms with E-state index >= 15 is 0 Å². The van der Waals surface area contributed by atoms with Gasteiger partial charge in [0.2, 0.25) is 5.95 Å². The number of aliphatic hydroxyl groups excluding tert-OH is 1. The van der Waals surface area contributed by atoms with Gasteiger partial charge in [-0.25, -0.2) is 9.97 Å². The second kappa shape index (κ2) is 5.77. The Labute approximate surface area is 109 Å². The van der Waals surface area contributed by atoms with Crippen molar-refractivity contribution >= 4 is 28.5 Å². The molecule has 1 N–H and O–H groups in total. The molecule has 0 atom stereocenters. The Kier molecular flexibility index (Phi) is 4.34. The molecule has 88 valence electrons. The zero-order valence-corrected chi connectivity index (χ0v) is 11.3. The number of rotatable bonds is 5. The van der Waals surface area contributed by atoms with Crippen LogP contribution in [0.25, 0.3) is 0 Å². The van der Waals surface area contributed by atoms with Crippen molar-refractivity contribution < 1.29 is 5.11 Å². The van der Waals surface area contributed by atoms with Crippen molar-refractivity contribution in [1.82, 2.24) is 9.97 Å². The van der Waals surface area contributed by atoms with Gasteiger partial charge in [-0.3, -0.25) is 0 Å². The summed E-state index contributed by atoms with van der Waals surface area (Å²) in [5.74, 6) is 0.804. The molecule has 2 rings (SSSR count). The van der Waals surface area contributed by atoms with E-state index in [1.54, 1.807) is 0 Å². The van der Waals surface area contributed by atoms with E-state index in [1.165, 1.54) is 19.3 Å². The van der Waals surface area contributed by atoms with Crippen LogP contribution < -0.4 is 4.90 Å². The van der Waals surface area contributed by atoms with Crippen LogP contribution in [0.4, 0.5) is 5.95 Å². The van der Waals surface area contributed by atoms with Crippen LogP contribution in [0.3, 0.4) is 0 Å². The molecule has 0 unspecified atom stereocenters. The van der Waals surface area contributed by atoms with Gasteiger partial charge in [0, 0.05) is 35.2 Å². The zero-order valence-electron chi connectivity index (χ0n) is 9.14. The van der Waals surface area contributed by atoms with Crippen LogP contribution in [0.1, 0.15) is 25.7 Å². The van der Waals surface area contributed by atoms with Crippen molar-refractivity contribution in [3.05, 3.63) is 16.0 Å². The summed E-state index contributed by atoms with van der Waals surface area (Å²) in [6.07, 6.45) is 8.21. The van der Waals surface area contributed by atoms with Gasteiger partial charge in [-0.1, -0.05) is 0 Å². The van der Waals surface area contributed by atoms with Crippen LogP contribution in [0.2, 0.25) is 0 Å². The summed E-state index contributed by atoms with van der Waals surface area (Å²) in [7, 11) is 0. The number of halogens is 1. The molecule has 1 fully saturated rings. The molecule has 1 aliphatic carbocycles.